The van der Waals surface area contributed by atoms with Gasteiger partial charge in [-0.1, -0.05) is 12.1 Å². The first-order chi connectivity index (χ1) is 22.0. The number of hydrogen-bond acceptors (Lipinski definition) is 9. The van der Waals surface area contributed by atoms with Crippen LogP contribution >= 0.6 is 0 Å². The van der Waals surface area contributed by atoms with Crippen molar-refractivity contribution in [3.63, 3.8) is 0 Å². The lowest BCUT2D eigenvalue weighted by Gasteiger charge is -2.52. The van der Waals surface area contributed by atoms with Crippen LogP contribution in [0.5, 0.6) is 0 Å². The Morgan fingerprint density at radius 3 is 2.04 bits per heavy atom. The van der Waals surface area contributed by atoms with Crippen molar-refractivity contribution in [1.82, 2.24) is 24.7 Å². The maximum Gasteiger partial charge on any atom is 0.416 e. The summed E-state index contributed by atoms with van der Waals surface area (Å²) in [5.74, 6) is -2.85. The van der Waals surface area contributed by atoms with Crippen LogP contribution < -0.4 is 0 Å². The highest BCUT2D eigenvalue weighted by Crippen LogP contribution is 2.35. The number of ether oxygens (including phenoxy) is 1. The van der Waals surface area contributed by atoms with Crippen LogP contribution in [-0.4, -0.2) is 122 Å². The number of alkyl halides is 3. The Morgan fingerprint density at radius 1 is 1.02 bits per heavy atom. The van der Waals surface area contributed by atoms with E-state index in [1.807, 2.05) is 18.7 Å². The highest BCUT2D eigenvalue weighted by Gasteiger charge is 2.41. The Morgan fingerprint density at radius 2 is 1.60 bits per heavy atom. The number of hydrogen-bond donors (Lipinski definition) is 3. The van der Waals surface area contributed by atoms with Gasteiger partial charge in [-0.05, 0) is 58.2 Å². The molecular formula is C32H44F3N5O7. The van der Waals surface area contributed by atoms with Crippen molar-refractivity contribution >= 4 is 17.8 Å². The Bertz CT molecular complexity index is 1360. The second-order valence-electron chi connectivity index (χ2n) is 12.3. The summed E-state index contributed by atoms with van der Waals surface area (Å²) < 4.78 is 44.7. The van der Waals surface area contributed by atoms with Gasteiger partial charge in [0.05, 0.1) is 41.6 Å². The molecule has 12 nitrogen and oxygen atoms in total. The van der Waals surface area contributed by atoms with Gasteiger partial charge in [0.15, 0.2) is 6.10 Å². The van der Waals surface area contributed by atoms with Gasteiger partial charge in [-0.3, -0.25) is 19.4 Å². The normalized spacial score (nSPS) is 20.1. The van der Waals surface area contributed by atoms with Gasteiger partial charge in [-0.2, -0.15) is 13.2 Å². The van der Waals surface area contributed by atoms with Gasteiger partial charge in [0, 0.05) is 51.4 Å². The molecule has 0 bridgehead atoms. The molecule has 2 aliphatic heterocycles. The molecule has 15 heteroatoms. The van der Waals surface area contributed by atoms with E-state index >= 15 is 0 Å². The zero-order valence-corrected chi connectivity index (χ0v) is 27.3. The summed E-state index contributed by atoms with van der Waals surface area (Å²) in [7, 11) is 1.62. The van der Waals surface area contributed by atoms with Gasteiger partial charge < -0.3 is 25.0 Å². The van der Waals surface area contributed by atoms with Gasteiger partial charge in [0.25, 0.3) is 5.91 Å². The van der Waals surface area contributed by atoms with E-state index in [1.54, 1.807) is 19.2 Å². The quantitative estimate of drug-likeness (QED) is 0.360. The molecule has 47 heavy (non-hydrogen) atoms. The van der Waals surface area contributed by atoms with Crippen LogP contribution in [0.1, 0.15) is 72.0 Å². The Balaban J connectivity index is 0.000000584. The van der Waals surface area contributed by atoms with Crippen molar-refractivity contribution < 1.29 is 47.6 Å². The molecule has 2 saturated heterocycles. The lowest BCUT2D eigenvalue weighted by atomic mass is 9.86. The van der Waals surface area contributed by atoms with Crippen LogP contribution in [0, 0.1) is 13.8 Å². The minimum atomic E-state index is -4.35. The number of nitrogens with zero attached hydrogens (tertiary/aromatic N) is 5. The molecule has 4 rings (SSSR count). The number of amides is 1. The molecule has 1 amide bonds. The number of aliphatic carboxylic acids is 2. The Kier molecular flexibility index (Phi) is 12.8. The fourth-order valence-corrected chi connectivity index (χ4v) is 6.18. The third-order valence-corrected chi connectivity index (χ3v) is 9.01. The summed E-state index contributed by atoms with van der Waals surface area (Å²) in [6.07, 6.45) is -3.66. The van der Waals surface area contributed by atoms with Crippen LogP contribution in [0.3, 0.4) is 0 Å². The number of carbonyl (C=O) groups is 3. The zero-order chi connectivity index (χ0) is 35.1. The second kappa shape index (κ2) is 16.0. The van der Waals surface area contributed by atoms with Gasteiger partial charge in [0.2, 0.25) is 0 Å². The largest absolute Gasteiger partial charge is 0.481 e. The maximum atomic E-state index is 13.2. The smallest absolute Gasteiger partial charge is 0.416 e. The first-order valence-corrected chi connectivity index (χ1v) is 15.4. The number of aryl methyl sites for hydroxylation is 2. The molecule has 0 radical (unpaired) electrons. The first-order valence-electron chi connectivity index (χ1n) is 15.4. The number of piperazine rings is 1. The Hall–Kier alpha value is -3.66. The number of piperidine rings is 1. The summed E-state index contributed by atoms with van der Waals surface area (Å²) >= 11 is 0. The number of benzene rings is 1. The zero-order valence-electron chi connectivity index (χ0n) is 27.3. The fourth-order valence-electron chi connectivity index (χ4n) is 6.18. The number of methoxy groups -OCH3 is 1. The van der Waals surface area contributed by atoms with E-state index in [4.69, 9.17) is 20.1 Å². The number of halogens is 3. The van der Waals surface area contributed by atoms with Crippen molar-refractivity contribution in [2.24, 2.45) is 0 Å². The minimum absolute atomic E-state index is 0.000198. The third-order valence-electron chi connectivity index (χ3n) is 9.01. The van der Waals surface area contributed by atoms with Crippen molar-refractivity contribution in [3.8, 4) is 0 Å². The molecule has 3 N–H and O–H groups in total. The topological polar surface area (TPSA) is 157 Å². The predicted molar refractivity (Wildman–Crippen MR) is 165 cm³/mol. The number of carboxylic acids is 2. The number of aliphatic hydroxyl groups excluding tert-OH is 1. The SMILES string of the molecule is COC[C@@H](c1ccc(C(F)(F)F)cc1)N1CCN(C2(C)CCN(C(=O)c3c(C)ncnc3C)CC2)C[C@@H]1C.O=C(O)C[C@H](O)C(=O)O. The molecule has 2 aliphatic rings. The van der Waals surface area contributed by atoms with Crippen molar-refractivity contribution in [2.75, 3.05) is 46.4 Å². The average Bonchev–Trinajstić information content (AvgIpc) is 3.00. The summed E-state index contributed by atoms with van der Waals surface area (Å²) in [6.45, 7) is 12.4. The molecule has 2 fully saturated rings. The summed E-state index contributed by atoms with van der Waals surface area (Å²) in [5, 5.41) is 24.1. The van der Waals surface area contributed by atoms with E-state index in [1.165, 1.54) is 6.33 Å². The number of carbonyl (C=O) groups excluding carboxylic acids is 1. The third kappa shape index (κ3) is 9.69. The summed E-state index contributed by atoms with van der Waals surface area (Å²) in [6, 6.07) is 5.52. The van der Waals surface area contributed by atoms with Gasteiger partial charge in [-0.25, -0.2) is 14.8 Å². The lowest BCUT2D eigenvalue weighted by molar-refractivity contribution is -0.152. The maximum absolute atomic E-state index is 13.2. The molecule has 0 saturated carbocycles. The van der Waals surface area contributed by atoms with Crippen LogP contribution in [0.4, 0.5) is 13.2 Å². The Labute approximate surface area is 272 Å². The lowest BCUT2D eigenvalue weighted by Crippen LogP contribution is -2.62. The van der Waals surface area contributed by atoms with E-state index in [2.05, 4.69) is 33.6 Å². The molecule has 3 atom stereocenters. The molecule has 3 heterocycles. The molecule has 1 aromatic heterocycles. The number of rotatable bonds is 9. The average molecular weight is 668 g/mol. The molecule has 0 unspecified atom stereocenters. The van der Waals surface area contributed by atoms with Crippen LogP contribution in [0.15, 0.2) is 30.6 Å². The van der Waals surface area contributed by atoms with Gasteiger partial charge in [0.1, 0.15) is 6.33 Å². The van der Waals surface area contributed by atoms with Crippen LogP contribution in [-0.2, 0) is 20.5 Å². The van der Waals surface area contributed by atoms with Gasteiger partial charge in [-0.15, -0.1) is 0 Å². The van der Waals surface area contributed by atoms with Crippen molar-refractivity contribution in [3.05, 3.63) is 58.7 Å². The van der Waals surface area contributed by atoms with Crippen molar-refractivity contribution in [2.45, 2.75) is 76.9 Å². The second-order valence-corrected chi connectivity index (χ2v) is 12.3. The number of aliphatic hydroxyl groups is 1. The standard InChI is InChI=1S/C28H38F3N5O2.C4H6O5/c1-19-16-35(14-15-36(19)24(17-38-5)22-6-8-23(9-7-22)28(29,30)31)27(4)10-12-34(13-11-27)26(37)25-20(2)32-18-33-21(25)3;5-2(4(8)9)1-3(6)7/h6-9,18-19,24H,10-17H2,1-5H3;2,5H,1H2,(H,6,7)(H,8,9)/t19-,24-;2-/m00/s1. The van der Waals surface area contributed by atoms with E-state index in [0.717, 1.165) is 50.2 Å². The number of aromatic nitrogens is 2. The van der Waals surface area contributed by atoms with E-state index < -0.39 is 36.2 Å². The fraction of sp³-hybridized carbons (Fsp3) is 0.594. The highest BCUT2D eigenvalue weighted by atomic mass is 19.4. The van der Waals surface area contributed by atoms with Crippen LogP contribution in [0.2, 0.25) is 0 Å². The molecule has 260 valence electrons. The highest BCUT2D eigenvalue weighted by molar-refractivity contribution is 5.96. The summed E-state index contributed by atoms with van der Waals surface area (Å²) in [4.78, 5) is 47.8. The molecule has 0 aliphatic carbocycles. The summed E-state index contributed by atoms with van der Waals surface area (Å²) in [5.41, 5.74) is 2.18. The number of carboxylic acid groups (broad SMARTS) is 2. The van der Waals surface area contributed by atoms with Crippen LogP contribution in [0.25, 0.3) is 0 Å². The predicted octanol–water partition coefficient (Wildman–Crippen LogP) is 3.41. The molecular weight excluding hydrogens is 623 g/mol. The van der Waals surface area contributed by atoms with Gasteiger partial charge >= 0.3 is 18.1 Å². The molecule has 2 aromatic rings. The first kappa shape index (κ1) is 37.8. The molecule has 1 aromatic carbocycles. The molecule has 0 spiro atoms. The minimum Gasteiger partial charge on any atom is -0.481 e. The van der Waals surface area contributed by atoms with E-state index in [0.29, 0.717) is 36.6 Å². The van der Waals surface area contributed by atoms with Crippen molar-refractivity contribution in [1.29, 1.82) is 0 Å². The monoisotopic (exact) mass is 667 g/mol. The van der Waals surface area contributed by atoms with E-state index in [-0.39, 0.29) is 23.5 Å². The number of likely N-dealkylation sites (tertiary alicyclic amines) is 1. The van der Waals surface area contributed by atoms with E-state index in [9.17, 15) is 27.6 Å².